The number of hydrogen-bond donors (Lipinski definition) is 0. The second kappa shape index (κ2) is 8.83. The van der Waals surface area contributed by atoms with E-state index in [-0.39, 0.29) is 11.1 Å². The van der Waals surface area contributed by atoms with Crippen LogP contribution in [0.4, 0.5) is 30.7 Å². The van der Waals surface area contributed by atoms with Crippen molar-refractivity contribution in [2.45, 2.75) is 19.5 Å². The Labute approximate surface area is 173 Å². The summed E-state index contributed by atoms with van der Waals surface area (Å²) < 4.78 is 97.4. The summed E-state index contributed by atoms with van der Waals surface area (Å²) in [5.41, 5.74) is 1.91. The highest BCUT2D eigenvalue weighted by Crippen LogP contribution is 2.35. The van der Waals surface area contributed by atoms with Crippen LogP contribution in [0.3, 0.4) is 0 Å². The molecule has 0 aromatic heterocycles. The first-order chi connectivity index (χ1) is 14.6. The number of halogens is 7. The van der Waals surface area contributed by atoms with E-state index in [9.17, 15) is 30.7 Å². The topological polar surface area (TPSA) is 9.23 Å². The molecule has 0 unspecified atom stereocenters. The first-order valence-corrected chi connectivity index (χ1v) is 9.08. The van der Waals surface area contributed by atoms with E-state index in [0.29, 0.717) is 17.7 Å². The summed E-state index contributed by atoms with van der Waals surface area (Å²) in [5, 5.41) is 0. The van der Waals surface area contributed by atoms with Gasteiger partial charge in [-0.15, -0.1) is 0 Å². The third kappa shape index (κ3) is 5.25. The van der Waals surface area contributed by atoms with Crippen LogP contribution in [0.1, 0.15) is 12.5 Å². The summed E-state index contributed by atoms with van der Waals surface area (Å²) in [6, 6.07) is 12.6. The molecular weight excluding hydrogens is 425 g/mol. The Morgan fingerprint density at radius 1 is 0.806 bits per heavy atom. The van der Waals surface area contributed by atoms with Gasteiger partial charge in [-0.25, -0.2) is 13.2 Å². The lowest BCUT2D eigenvalue weighted by Gasteiger charge is -2.16. The number of rotatable bonds is 6. The Hall–Kier alpha value is -3.29. The SMILES string of the molecule is CCc1ccc(-c2ccc(-c3cc(F)c(OC(F)(F)C=C(F)F)c(F)c3)c(F)c2)cc1. The lowest BCUT2D eigenvalue weighted by Crippen LogP contribution is -2.23. The van der Waals surface area contributed by atoms with Gasteiger partial charge in [0.15, 0.2) is 17.4 Å². The highest BCUT2D eigenvalue weighted by atomic mass is 19.3. The fourth-order valence-corrected chi connectivity index (χ4v) is 2.97. The fraction of sp³-hybridized carbons (Fsp3) is 0.130. The smallest absolute Gasteiger partial charge is 0.423 e. The zero-order chi connectivity index (χ0) is 22.8. The van der Waals surface area contributed by atoms with Gasteiger partial charge in [-0.05, 0) is 46.9 Å². The van der Waals surface area contributed by atoms with Crippen molar-refractivity contribution in [3.05, 3.63) is 89.8 Å². The van der Waals surface area contributed by atoms with Crippen molar-refractivity contribution < 1.29 is 35.5 Å². The van der Waals surface area contributed by atoms with Gasteiger partial charge in [0.25, 0.3) is 6.08 Å². The largest absolute Gasteiger partial charge is 0.425 e. The minimum absolute atomic E-state index is 0.181. The van der Waals surface area contributed by atoms with Crippen molar-refractivity contribution in [1.82, 2.24) is 0 Å². The molecule has 0 aliphatic rings. The van der Waals surface area contributed by atoms with Crippen LogP contribution in [-0.2, 0) is 6.42 Å². The number of benzene rings is 3. The number of ether oxygens (including phenoxy) is 1. The van der Waals surface area contributed by atoms with Crippen LogP contribution in [0, 0.1) is 17.5 Å². The van der Waals surface area contributed by atoms with Crippen LogP contribution in [0.15, 0.2) is 66.8 Å². The van der Waals surface area contributed by atoms with Crippen molar-refractivity contribution in [1.29, 1.82) is 0 Å². The molecule has 0 aliphatic carbocycles. The van der Waals surface area contributed by atoms with Crippen LogP contribution in [0.5, 0.6) is 5.75 Å². The van der Waals surface area contributed by atoms with Gasteiger partial charge in [-0.1, -0.05) is 43.3 Å². The molecule has 0 bridgehead atoms. The van der Waals surface area contributed by atoms with E-state index in [1.54, 1.807) is 6.07 Å². The standard InChI is InChI=1S/C23H15F7O/c1-2-13-3-5-14(6-4-13)15-7-8-17(18(24)9-15)16-10-19(25)22(20(26)11-16)31-23(29,30)12-21(27)28/h3-12H,2H2,1H3. The molecule has 0 atom stereocenters. The lowest BCUT2D eigenvalue weighted by atomic mass is 9.98. The monoisotopic (exact) mass is 440 g/mol. The van der Waals surface area contributed by atoms with Gasteiger partial charge in [-0.3, -0.25) is 0 Å². The highest BCUT2D eigenvalue weighted by Gasteiger charge is 2.33. The molecular formula is C23H15F7O. The fourth-order valence-electron chi connectivity index (χ4n) is 2.97. The number of hydrogen-bond acceptors (Lipinski definition) is 1. The molecule has 0 aliphatic heterocycles. The van der Waals surface area contributed by atoms with Crippen LogP contribution in [0.2, 0.25) is 0 Å². The van der Waals surface area contributed by atoms with E-state index in [4.69, 9.17) is 0 Å². The number of alkyl halides is 2. The van der Waals surface area contributed by atoms with Crippen molar-refractivity contribution in [2.24, 2.45) is 0 Å². The molecule has 0 amide bonds. The molecule has 0 spiro atoms. The third-order valence-electron chi connectivity index (χ3n) is 4.49. The predicted octanol–water partition coefficient (Wildman–Crippen LogP) is 7.75. The van der Waals surface area contributed by atoms with E-state index in [2.05, 4.69) is 4.74 Å². The first kappa shape index (κ1) is 22.4. The molecule has 0 heterocycles. The Morgan fingerprint density at radius 2 is 1.35 bits per heavy atom. The Kier molecular flexibility index (Phi) is 6.38. The second-order valence-corrected chi connectivity index (χ2v) is 6.61. The molecule has 0 N–H and O–H groups in total. The van der Waals surface area contributed by atoms with Crippen LogP contribution in [0.25, 0.3) is 22.3 Å². The summed E-state index contributed by atoms with van der Waals surface area (Å²) in [6.07, 6.45) is -7.46. The zero-order valence-corrected chi connectivity index (χ0v) is 16.0. The molecule has 1 nitrogen and oxygen atoms in total. The predicted molar refractivity (Wildman–Crippen MR) is 102 cm³/mol. The Bertz CT molecular complexity index is 1090. The molecule has 0 fully saturated rings. The molecule has 8 heteroatoms. The molecule has 31 heavy (non-hydrogen) atoms. The minimum Gasteiger partial charge on any atom is -0.423 e. The molecule has 3 rings (SSSR count). The van der Waals surface area contributed by atoms with E-state index in [0.717, 1.165) is 17.5 Å². The van der Waals surface area contributed by atoms with Gasteiger partial charge in [-0.2, -0.15) is 17.6 Å². The average molecular weight is 440 g/mol. The molecule has 0 saturated heterocycles. The average Bonchev–Trinajstić information content (AvgIpc) is 2.69. The van der Waals surface area contributed by atoms with Gasteiger partial charge >= 0.3 is 6.11 Å². The van der Waals surface area contributed by atoms with Gasteiger partial charge < -0.3 is 4.74 Å². The maximum Gasteiger partial charge on any atom is 0.425 e. The summed E-state index contributed by atoms with van der Waals surface area (Å²) >= 11 is 0. The Morgan fingerprint density at radius 3 is 1.87 bits per heavy atom. The van der Waals surface area contributed by atoms with Crippen molar-refractivity contribution >= 4 is 0 Å². The molecule has 0 radical (unpaired) electrons. The summed E-state index contributed by atoms with van der Waals surface area (Å²) in [4.78, 5) is 0. The van der Waals surface area contributed by atoms with E-state index >= 15 is 0 Å². The normalized spacial score (nSPS) is 11.4. The zero-order valence-electron chi connectivity index (χ0n) is 16.0. The summed E-state index contributed by atoms with van der Waals surface area (Å²) in [5.74, 6) is -5.54. The van der Waals surface area contributed by atoms with E-state index in [1.165, 1.54) is 12.1 Å². The van der Waals surface area contributed by atoms with Crippen molar-refractivity contribution in [3.63, 3.8) is 0 Å². The van der Waals surface area contributed by atoms with Gasteiger partial charge in [0, 0.05) is 5.56 Å². The van der Waals surface area contributed by atoms with Crippen LogP contribution in [-0.4, -0.2) is 6.11 Å². The van der Waals surface area contributed by atoms with Gasteiger partial charge in [0.05, 0.1) is 6.08 Å². The maximum absolute atomic E-state index is 14.7. The second-order valence-electron chi connectivity index (χ2n) is 6.61. The van der Waals surface area contributed by atoms with E-state index in [1.807, 2.05) is 31.2 Å². The molecule has 162 valence electrons. The number of aryl methyl sites for hydroxylation is 1. The van der Waals surface area contributed by atoms with Crippen molar-refractivity contribution in [3.8, 4) is 28.0 Å². The first-order valence-electron chi connectivity index (χ1n) is 9.08. The van der Waals surface area contributed by atoms with Crippen molar-refractivity contribution in [2.75, 3.05) is 0 Å². The quantitative estimate of drug-likeness (QED) is 0.356. The Balaban J connectivity index is 1.93. The summed E-state index contributed by atoms with van der Waals surface area (Å²) in [7, 11) is 0. The molecule has 3 aromatic carbocycles. The van der Waals surface area contributed by atoms with E-state index < -0.39 is 41.5 Å². The maximum atomic E-state index is 14.7. The van der Waals surface area contributed by atoms with Gasteiger partial charge in [0.1, 0.15) is 5.82 Å². The molecule has 3 aromatic rings. The van der Waals surface area contributed by atoms with Crippen LogP contribution < -0.4 is 4.74 Å². The third-order valence-corrected chi connectivity index (χ3v) is 4.49. The highest BCUT2D eigenvalue weighted by molar-refractivity contribution is 5.71. The van der Waals surface area contributed by atoms with Gasteiger partial charge in [0.2, 0.25) is 0 Å². The minimum atomic E-state index is -4.64. The summed E-state index contributed by atoms with van der Waals surface area (Å²) in [6.45, 7) is 2.00. The van der Waals surface area contributed by atoms with Crippen LogP contribution >= 0.6 is 0 Å². The lowest BCUT2D eigenvalue weighted by molar-refractivity contribution is -0.137. The molecule has 0 saturated carbocycles.